The Morgan fingerprint density at radius 2 is 2.07 bits per heavy atom. The summed E-state index contributed by atoms with van der Waals surface area (Å²) in [7, 11) is -2.37. The van der Waals surface area contributed by atoms with Crippen LogP contribution in [0.15, 0.2) is 0 Å². The van der Waals surface area contributed by atoms with Gasteiger partial charge in [0.15, 0.2) is 0 Å². The number of primary sulfonamides is 1. The zero-order chi connectivity index (χ0) is 11.0. The maximum atomic E-state index is 12.5. The standard InChI is InChI=1S/C7H13F2NO3S/c1-13-6(4-14(10,11)12)5-2-7(8,9)3-5/h5-6H,2-4H2,1H3,(H2,10,11,12). The third-order valence-electron chi connectivity index (χ3n) is 2.35. The molecule has 7 heteroatoms. The van der Waals surface area contributed by atoms with Gasteiger partial charge in [-0.05, 0) is 5.92 Å². The number of methoxy groups -OCH3 is 1. The summed E-state index contributed by atoms with van der Waals surface area (Å²) in [5, 5.41) is 4.80. The lowest BCUT2D eigenvalue weighted by atomic mass is 9.78. The molecule has 1 unspecified atom stereocenters. The van der Waals surface area contributed by atoms with Gasteiger partial charge >= 0.3 is 0 Å². The van der Waals surface area contributed by atoms with E-state index in [9.17, 15) is 17.2 Å². The third-order valence-corrected chi connectivity index (χ3v) is 3.14. The van der Waals surface area contributed by atoms with Crippen LogP contribution >= 0.6 is 0 Å². The van der Waals surface area contributed by atoms with Crippen LogP contribution in [0.4, 0.5) is 8.78 Å². The molecule has 1 aliphatic carbocycles. The molecule has 14 heavy (non-hydrogen) atoms. The first-order chi connectivity index (χ1) is 6.23. The van der Waals surface area contributed by atoms with E-state index in [0.717, 1.165) is 0 Å². The molecule has 1 fully saturated rings. The van der Waals surface area contributed by atoms with Crippen LogP contribution in [0.25, 0.3) is 0 Å². The van der Waals surface area contributed by atoms with E-state index in [1.54, 1.807) is 0 Å². The van der Waals surface area contributed by atoms with Crippen LogP contribution in [0, 0.1) is 5.92 Å². The molecular formula is C7H13F2NO3S. The number of nitrogens with two attached hydrogens (primary N) is 1. The minimum Gasteiger partial charge on any atom is -0.380 e. The van der Waals surface area contributed by atoms with Gasteiger partial charge in [0.05, 0.1) is 11.9 Å². The second-order valence-corrected chi connectivity index (χ2v) is 5.29. The largest absolute Gasteiger partial charge is 0.380 e. The summed E-state index contributed by atoms with van der Waals surface area (Å²) < 4.78 is 51.2. The summed E-state index contributed by atoms with van der Waals surface area (Å²) in [4.78, 5) is 0. The summed E-state index contributed by atoms with van der Waals surface area (Å²) in [6.07, 6.45) is -1.35. The highest BCUT2D eigenvalue weighted by atomic mass is 32.2. The summed E-state index contributed by atoms with van der Waals surface area (Å²) in [5.41, 5.74) is 0. The number of rotatable bonds is 4. The van der Waals surface area contributed by atoms with Crippen molar-refractivity contribution in [3.05, 3.63) is 0 Å². The Bertz CT molecular complexity index is 296. The van der Waals surface area contributed by atoms with Crippen LogP contribution < -0.4 is 5.14 Å². The number of sulfonamides is 1. The van der Waals surface area contributed by atoms with Crippen LogP contribution in [-0.4, -0.2) is 33.3 Å². The number of alkyl halides is 2. The Balaban J connectivity index is 2.50. The van der Waals surface area contributed by atoms with Crippen molar-refractivity contribution < 1.29 is 21.9 Å². The van der Waals surface area contributed by atoms with Crippen molar-refractivity contribution in [2.75, 3.05) is 12.9 Å². The normalized spacial score (nSPS) is 24.3. The van der Waals surface area contributed by atoms with Crippen molar-refractivity contribution in [1.82, 2.24) is 0 Å². The first-order valence-corrected chi connectivity index (χ1v) is 5.86. The molecule has 1 aliphatic rings. The zero-order valence-corrected chi connectivity index (χ0v) is 8.56. The molecule has 0 aromatic carbocycles. The molecule has 0 spiro atoms. The summed E-state index contributed by atoms with van der Waals surface area (Å²) in [6.45, 7) is 0. The topological polar surface area (TPSA) is 69.4 Å². The number of ether oxygens (including phenoxy) is 1. The molecule has 0 bridgehead atoms. The highest BCUT2D eigenvalue weighted by Gasteiger charge is 2.49. The molecule has 1 saturated carbocycles. The fraction of sp³-hybridized carbons (Fsp3) is 1.00. The molecule has 0 aromatic rings. The Kier molecular flexibility index (Phi) is 3.13. The monoisotopic (exact) mass is 229 g/mol. The summed E-state index contributed by atoms with van der Waals surface area (Å²) >= 11 is 0. The average Bonchev–Trinajstić information content (AvgIpc) is 1.93. The average molecular weight is 229 g/mol. The highest BCUT2D eigenvalue weighted by molar-refractivity contribution is 7.89. The molecular weight excluding hydrogens is 216 g/mol. The second-order valence-electron chi connectivity index (χ2n) is 3.63. The van der Waals surface area contributed by atoms with Gasteiger partial charge in [-0.2, -0.15) is 0 Å². The fourth-order valence-corrected chi connectivity index (χ4v) is 2.46. The molecule has 1 atom stereocenters. The first kappa shape index (κ1) is 11.8. The molecule has 0 aromatic heterocycles. The van der Waals surface area contributed by atoms with Gasteiger partial charge in [0, 0.05) is 20.0 Å². The van der Waals surface area contributed by atoms with E-state index in [1.165, 1.54) is 7.11 Å². The van der Waals surface area contributed by atoms with Crippen molar-refractivity contribution >= 4 is 10.0 Å². The van der Waals surface area contributed by atoms with Crippen molar-refractivity contribution in [3.8, 4) is 0 Å². The fourth-order valence-electron chi connectivity index (χ4n) is 1.60. The molecule has 2 N–H and O–H groups in total. The number of halogens is 2. The van der Waals surface area contributed by atoms with Crippen molar-refractivity contribution in [2.45, 2.75) is 24.9 Å². The highest BCUT2D eigenvalue weighted by Crippen LogP contribution is 2.44. The van der Waals surface area contributed by atoms with Crippen molar-refractivity contribution in [1.29, 1.82) is 0 Å². The van der Waals surface area contributed by atoms with E-state index < -0.39 is 33.7 Å². The SMILES string of the molecule is COC(CS(N)(=O)=O)C1CC(F)(F)C1. The van der Waals surface area contributed by atoms with Crippen LogP contribution in [0.2, 0.25) is 0 Å². The molecule has 0 saturated heterocycles. The van der Waals surface area contributed by atoms with Crippen LogP contribution in [0.3, 0.4) is 0 Å². The quantitative estimate of drug-likeness (QED) is 0.755. The predicted molar refractivity (Wildman–Crippen MR) is 46.4 cm³/mol. The van der Waals surface area contributed by atoms with E-state index in [-0.39, 0.29) is 12.8 Å². The van der Waals surface area contributed by atoms with E-state index >= 15 is 0 Å². The Morgan fingerprint density at radius 1 is 1.57 bits per heavy atom. The molecule has 84 valence electrons. The van der Waals surface area contributed by atoms with E-state index in [1.807, 2.05) is 0 Å². The van der Waals surface area contributed by atoms with Gasteiger partial charge in [0.1, 0.15) is 0 Å². The molecule has 4 nitrogen and oxygen atoms in total. The van der Waals surface area contributed by atoms with E-state index in [4.69, 9.17) is 9.88 Å². The third kappa shape index (κ3) is 3.14. The van der Waals surface area contributed by atoms with Gasteiger partial charge in [0.25, 0.3) is 0 Å². The number of hydrogen-bond acceptors (Lipinski definition) is 3. The minimum atomic E-state index is -3.66. The first-order valence-electron chi connectivity index (χ1n) is 4.14. The van der Waals surface area contributed by atoms with Gasteiger partial charge in [-0.25, -0.2) is 22.3 Å². The minimum absolute atomic E-state index is 0.318. The zero-order valence-electron chi connectivity index (χ0n) is 7.74. The van der Waals surface area contributed by atoms with Gasteiger partial charge < -0.3 is 4.74 Å². The maximum absolute atomic E-state index is 12.5. The number of hydrogen-bond donors (Lipinski definition) is 1. The molecule has 0 heterocycles. The van der Waals surface area contributed by atoms with Crippen LogP contribution in [0.1, 0.15) is 12.8 Å². The van der Waals surface area contributed by atoms with Gasteiger partial charge in [-0.15, -0.1) is 0 Å². The summed E-state index contributed by atoms with van der Waals surface area (Å²) in [5.74, 6) is -3.47. The lowest BCUT2D eigenvalue weighted by Crippen LogP contribution is -2.46. The maximum Gasteiger partial charge on any atom is 0.248 e. The Hall–Kier alpha value is -0.270. The van der Waals surface area contributed by atoms with Crippen LogP contribution in [0.5, 0.6) is 0 Å². The predicted octanol–water partition coefficient (Wildman–Crippen LogP) is 0.335. The van der Waals surface area contributed by atoms with Crippen LogP contribution in [-0.2, 0) is 14.8 Å². The van der Waals surface area contributed by atoms with E-state index in [0.29, 0.717) is 0 Å². The molecule has 0 amide bonds. The van der Waals surface area contributed by atoms with Crippen molar-refractivity contribution in [3.63, 3.8) is 0 Å². The smallest absolute Gasteiger partial charge is 0.248 e. The second kappa shape index (κ2) is 3.71. The van der Waals surface area contributed by atoms with Gasteiger partial charge in [-0.3, -0.25) is 0 Å². The molecule has 1 rings (SSSR count). The summed E-state index contributed by atoms with van der Waals surface area (Å²) in [6, 6.07) is 0. The lowest BCUT2D eigenvalue weighted by molar-refractivity contribution is -0.142. The lowest BCUT2D eigenvalue weighted by Gasteiger charge is -2.38. The van der Waals surface area contributed by atoms with Crippen molar-refractivity contribution in [2.24, 2.45) is 11.1 Å². The van der Waals surface area contributed by atoms with Gasteiger partial charge in [0.2, 0.25) is 15.9 Å². The van der Waals surface area contributed by atoms with Gasteiger partial charge in [-0.1, -0.05) is 0 Å². The Labute approximate surface area is 81.5 Å². The molecule has 0 aliphatic heterocycles. The van der Waals surface area contributed by atoms with E-state index in [2.05, 4.69) is 0 Å². The molecule has 0 radical (unpaired) electrons. The Morgan fingerprint density at radius 3 is 2.36 bits per heavy atom.